The summed E-state index contributed by atoms with van der Waals surface area (Å²) in [6.45, 7) is 0. The summed E-state index contributed by atoms with van der Waals surface area (Å²) < 4.78 is 0. The van der Waals surface area contributed by atoms with Gasteiger partial charge in [-0.2, -0.15) is 0 Å². The Labute approximate surface area is 77.2 Å². The van der Waals surface area contributed by atoms with Gasteiger partial charge in [0.1, 0.15) is 0 Å². The summed E-state index contributed by atoms with van der Waals surface area (Å²) in [5.41, 5.74) is 0. The molecule has 0 nitrogen and oxygen atoms in total. The second-order valence-electron chi connectivity index (χ2n) is 2.26. The standard InChI is InChI=1S/C10H8S2/c1-2-6-11(5-1)9-10-12-7-3-4-8-12/h1-8H. The van der Waals surface area contributed by atoms with Crippen molar-refractivity contribution in [1.29, 1.82) is 0 Å². The molecule has 12 heavy (non-hydrogen) atoms. The lowest BCUT2D eigenvalue weighted by Gasteiger charge is -1.80. The van der Waals surface area contributed by atoms with Crippen molar-refractivity contribution in [2.75, 3.05) is 0 Å². The summed E-state index contributed by atoms with van der Waals surface area (Å²) in [4.78, 5) is 0. The van der Waals surface area contributed by atoms with Gasteiger partial charge < -0.3 is 0 Å². The predicted octanol–water partition coefficient (Wildman–Crippen LogP) is 2.96. The maximum atomic E-state index is 3.24. The van der Waals surface area contributed by atoms with Gasteiger partial charge in [0.05, 0.1) is 0 Å². The normalized spacial score (nSPS) is 20.3. The zero-order chi connectivity index (χ0) is 8.23. The molecule has 0 N–H and O–H groups in total. The molecule has 2 rings (SSSR count). The van der Waals surface area contributed by atoms with E-state index < -0.39 is 0 Å². The lowest BCUT2D eigenvalue weighted by Crippen LogP contribution is -1.55. The smallest absolute Gasteiger partial charge is 0.0227 e. The van der Waals surface area contributed by atoms with Crippen LogP contribution in [0.4, 0.5) is 0 Å². The second-order valence-corrected chi connectivity index (χ2v) is 5.25. The monoisotopic (exact) mass is 192 g/mol. The molecule has 0 radical (unpaired) electrons. The van der Waals surface area contributed by atoms with Gasteiger partial charge in [-0.3, -0.25) is 0 Å². The van der Waals surface area contributed by atoms with Gasteiger partial charge >= 0.3 is 0 Å². The van der Waals surface area contributed by atoms with E-state index in [9.17, 15) is 0 Å². The van der Waals surface area contributed by atoms with Crippen LogP contribution < -0.4 is 0 Å². The summed E-state index contributed by atoms with van der Waals surface area (Å²) in [6, 6.07) is 0. The first-order valence-electron chi connectivity index (χ1n) is 3.60. The van der Waals surface area contributed by atoms with Gasteiger partial charge in [-0.05, 0) is 31.7 Å². The Hall–Kier alpha value is -0.780. The molecule has 2 heterocycles. The lowest BCUT2D eigenvalue weighted by atomic mass is 10.6. The molecule has 60 valence electrons. The molecule has 0 aromatic carbocycles. The molecule has 2 heteroatoms. The Morgan fingerprint density at radius 2 is 0.917 bits per heavy atom. The highest BCUT2D eigenvalue weighted by Gasteiger charge is 1.86. The molecule has 0 aliphatic carbocycles. The molecular weight excluding hydrogens is 184 g/mol. The number of hydrogen-bond acceptors (Lipinski definition) is 0. The maximum absolute atomic E-state index is 3.24. The number of hydrogen-bond donors (Lipinski definition) is 0. The molecule has 0 atom stereocenters. The minimum atomic E-state index is 0.0936. The summed E-state index contributed by atoms with van der Waals surface area (Å²) in [5, 5.41) is 15.0. The van der Waals surface area contributed by atoms with Crippen molar-refractivity contribution < 1.29 is 0 Å². The Morgan fingerprint density at radius 3 is 1.25 bits per heavy atom. The molecule has 0 aromatic rings. The summed E-state index contributed by atoms with van der Waals surface area (Å²) in [7, 11) is 0.187. The Morgan fingerprint density at radius 1 is 0.583 bits per heavy atom. The van der Waals surface area contributed by atoms with Gasteiger partial charge in [-0.25, -0.2) is 0 Å². The summed E-state index contributed by atoms with van der Waals surface area (Å²) in [6.07, 6.45) is 8.23. The van der Waals surface area contributed by atoms with Crippen LogP contribution in [0.5, 0.6) is 0 Å². The van der Waals surface area contributed by atoms with Crippen LogP contribution in [-0.2, 0) is 0 Å². The largest absolute Gasteiger partial charge is 0.0860 e. The molecule has 0 spiro atoms. The topological polar surface area (TPSA) is 0 Å². The average molecular weight is 192 g/mol. The van der Waals surface area contributed by atoms with E-state index in [1.807, 2.05) is 0 Å². The van der Waals surface area contributed by atoms with Gasteiger partial charge in [0, 0.05) is 0 Å². The van der Waals surface area contributed by atoms with Crippen molar-refractivity contribution in [3.05, 3.63) is 45.9 Å². The predicted molar refractivity (Wildman–Crippen MR) is 61.8 cm³/mol. The quantitative estimate of drug-likeness (QED) is 0.518. The van der Waals surface area contributed by atoms with E-state index in [0.29, 0.717) is 0 Å². The van der Waals surface area contributed by atoms with Crippen molar-refractivity contribution in [2.24, 2.45) is 0 Å². The summed E-state index contributed by atoms with van der Waals surface area (Å²) >= 11 is 0. The van der Waals surface area contributed by atoms with E-state index in [0.717, 1.165) is 0 Å². The van der Waals surface area contributed by atoms with Crippen LogP contribution in [0, 0.1) is 0 Å². The first-order chi connectivity index (χ1) is 5.95. The van der Waals surface area contributed by atoms with E-state index in [2.05, 4.69) is 56.0 Å². The fourth-order valence-corrected chi connectivity index (χ4v) is 3.11. The molecule has 0 fully saturated rings. The highest BCUT2D eigenvalue weighted by Crippen LogP contribution is 2.21. The molecule has 2 aliphatic heterocycles. The lowest BCUT2D eigenvalue weighted by molar-refractivity contribution is 2.15. The zero-order valence-electron chi connectivity index (χ0n) is 6.44. The highest BCUT2D eigenvalue weighted by molar-refractivity contribution is 8.23. The zero-order valence-corrected chi connectivity index (χ0v) is 8.07. The van der Waals surface area contributed by atoms with Gasteiger partial charge in [-0.15, -0.1) is 0 Å². The maximum Gasteiger partial charge on any atom is -0.0227 e. The molecule has 0 saturated carbocycles. The van der Waals surface area contributed by atoms with Crippen molar-refractivity contribution in [1.82, 2.24) is 0 Å². The molecule has 0 amide bonds. The number of allylic oxidation sites excluding steroid dienone is 4. The van der Waals surface area contributed by atoms with Crippen LogP contribution in [0.3, 0.4) is 0 Å². The van der Waals surface area contributed by atoms with Gasteiger partial charge in [0.2, 0.25) is 0 Å². The van der Waals surface area contributed by atoms with Gasteiger partial charge in [0.25, 0.3) is 0 Å². The van der Waals surface area contributed by atoms with Crippen molar-refractivity contribution >= 4 is 31.0 Å². The third-order valence-corrected chi connectivity index (χ3v) is 4.01. The van der Waals surface area contributed by atoms with Crippen LogP contribution in [0.25, 0.3) is 0 Å². The molecular formula is C10H8S2. The molecule has 0 unspecified atom stereocenters. The highest BCUT2D eigenvalue weighted by atomic mass is 32.2. The van der Waals surface area contributed by atoms with E-state index >= 15 is 0 Å². The van der Waals surface area contributed by atoms with Crippen molar-refractivity contribution in [3.8, 4) is 0 Å². The van der Waals surface area contributed by atoms with Crippen LogP contribution in [0.1, 0.15) is 0 Å². The van der Waals surface area contributed by atoms with E-state index in [1.54, 1.807) is 0 Å². The van der Waals surface area contributed by atoms with E-state index in [4.69, 9.17) is 0 Å². The third-order valence-electron chi connectivity index (χ3n) is 1.40. The van der Waals surface area contributed by atoms with Gasteiger partial charge in [0.15, 0.2) is 0 Å². The SMILES string of the molecule is C(=C=S1C=CC=C1)=S1C=CC=C1. The average Bonchev–Trinajstić information content (AvgIpc) is 2.74. The minimum Gasteiger partial charge on any atom is -0.0860 e. The molecule has 2 aliphatic rings. The van der Waals surface area contributed by atoms with Crippen LogP contribution in [-0.4, -0.2) is 10.0 Å². The third kappa shape index (κ3) is 1.88. The minimum absolute atomic E-state index is 0.0936. The summed E-state index contributed by atoms with van der Waals surface area (Å²) in [5.74, 6) is 0. The fraction of sp³-hybridized carbons (Fsp3) is 0. The van der Waals surface area contributed by atoms with E-state index in [-0.39, 0.29) is 21.0 Å². The molecule has 0 aromatic heterocycles. The van der Waals surface area contributed by atoms with E-state index in [1.165, 1.54) is 0 Å². The van der Waals surface area contributed by atoms with Crippen LogP contribution in [0.2, 0.25) is 0 Å². The first-order valence-corrected chi connectivity index (χ1v) is 6.30. The number of rotatable bonds is 0. The second kappa shape index (κ2) is 3.75. The Kier molecular flexibility index (Phi) is 2.45. The molecule has 0 saturated heterocycles. The van der Waals surface area contributed by atoms with Gasteiger partial charge in [-0.1, -0.05) is 45.3 Å². The fourth-order valence-electron chi connectivity index (χ4n) is 0.843. The Balaban J connectivity index is 2.42. The Bertz CT molecular complexity index is 339. The molecule has 0 bridgehead atoms. The van der Waals surface area contributed by atoms with Crippen molar-refractivity contribution in [3.63, 3.8) is 0 Å². The van der Waals surface area contributed by atoms with Crippen LogP contribution in [0.15, 0.2) is 45.9 Å². The van der Waals surface area contributed by atoms with Crippen LogP contribution >= 0.6 is 21.0 Å². The van der Waals surface area contributed by atoms with Crippen molar-refractivity contribution in [2.45, 2.75) is 0 Å². The first kappa shape index (κ1) is 7.85.